The summed E-state index contributed by atoms with van der Waals surface area (Å²) in [5.74, 6) is -1.02. The first-order valence-electron chi connectivity index (χ1n) is 9.52. The number of hydrogen-bond donors (Lipinski definition) is 3. The SMILES string of the molecule is OB(O)c1cccc(C(CC(F)(F)F)c2c(-c3ccccc3)[nH]c3ccccc23)c1. The lowest BCUT2D eigenvalue weighted by Crippen LogP contribution is -2.30. The van der Waals surface area contributed by atoms with Crippen molar-refractivity contribution in [1.29, 1.82) is 0 Å². The molecule has 0 radical (unpaired) electrons. The highest BCUT2D eigenvalue weighted by molar-refractivity contribution is 6.58. The normalized spacial score (nSPS) is 12.8. The van der Waals surface area contributed by atoms with Gasteiger partial charge in [-0.15, -0.1) is 0 Å². The zero-order chi connectivity index (χ0) is 21.3. The fourth-order valence-corrected chi connectivity index (χ4v) is 3.91. The average Bonchev–Trinajstić information content (AvgIpc) is 3.11. The van der Waals surface area contributed by atoms with E-state index in [0.717, 1.165) is 11.1 Å². The Hall–Kier alpha value is -3.03. The highest BCUT2D eigenvalue weighted by atomic mass is 19.4. The zero-order valence-corrected chi connectivity index (χ0v) is 15.9. The van der Waals surface area contributed by atoms with Crippen LogP contribution in [-0.2, 0) is 0 Å². The van der Waals surface area contributed by atoms with Crippen LogP contribution in [0.4, 0.5) is 13.2 Å². The first kappa shape index (κ1) is 20.3. The van der Waals surface area contributed by atoms with Crippen LogP contribution in [0.25, 0.3) is 22.2 Å². The standard InChI is InChI=1S/C23H19BF3NO2/c25-23(26,27)14-19(16-9-6-10-17(13-16)24(29)30)21-18-11-4-5-12-20(18)28-22(21)15-7-2-1-3-8-15/h1-13,19,28-30H,14H2. The summed E-state index contributed by atoms with van der Waals surface area (Å²) in [4.78, 5) is 3.29. The van der Waals surface area contributed by atoms with Crippen molar-refractivity contribution in [3.05, 3.63) is 90.0 Å². The number of alkyl halides is 3. The van der Waals surface area contributed by atoms with E-state index in [4.69, 9.17) is 0 Å². The molecule has 0 aliphatic rings. The third-order valence-corrected chi connectivity index (χ3v) is 5.20. The van der Waals surface area contributed by atoms with Crippen molar-refractivity contribution in [2.45, 2.75) is 18.5 Å². The highest BCUT2D eigenvalue weighted by Gasteiger charge is 2.36. The van der Waals surface area contributed by atoms with Crippen LogP contribution in [0.1, 0.15) is 23.5 Å². The predicted molar refractivity (Wildman–Crippen MR) is 113 cm³/mol. The summed E-state index contributed by atoms with van der Waals surface area (Å²) in [6.45, 7) is 0. The van der Waals surface area contributed by atoms with Crippen LogP contribution < -0.4 is 5.46 Å². The molecule has 3 nitrogen and oxygen atoms in total. The number of halogens is 3. The maximum absolute atomic E-state index is 13.7. The summed E-state index contributed by atoms with van der Waals surface area (Å²) >= 11 is 0. The number of hydrogen-bond acceptors (Lipinski definition) is 2. The molecule has 7 heteroatoms. The Morgan fingerprint density at radius 3 is 2.27 bits per heavy atom. The lowest BCUT2D eigenvalue weighted by atomic mass is 9.76. The number of aromatic amines is 1. The predicted octanol–water partition coefficient (Wildman–Crippen LogP) is 4.60. The van der Waals surface area contributed by atoms with Gasteiger partial charge in [0, 0.05) is 16.8 Å². The molecule has 4 rings (SSSR count). The Morgan fingerprint density at radius 2 is 1.57 bits per heavy atom. The van der Waals surface area contributed by atoms with Crippen molar-refractivity contribution < 1.29 is 23.2 Å². The second-order valence-corrected chi connectivity index (χ2v) is 7.24. The minimum absolute atomic E-state index is 0.153. The number of nitrogens with one attached hydrogen (secondary N) is 1. The Labute approximate surface area is 172 Å². The van der Waals surface area contributed by atoms with E-state index in [0.29, 0.717) is 22.2 Å². The number of aromatic nitrogens is 1. The van der Waals surface area contributed by atoms with E-state index < -0.39 is 25.6 Å². The second kappa shape index (κ2) is 8.01. The molecular weight excluding hydrogens is 390 g/mol. The van der Waals surface area contributed by atoms with Gasteiger partial charge in [-0.3, -0.25) is 0 Å². The van der Waals surface area contributed by atoms with Crippen LogP contribution in [0.2, 0.25) is 0 Å². The van der Waals surface area contributed by atoms with Crippen molar-refractivity contribution in [2.75, 3.05) is 0 Å². The highest BCUT2D eigenvalue weighted by Crippen LogP contribution is 2.43. The summed E-state index contributed by atoms with van der Waals surface area (Å²) in [6.07, 6.45) is -5.48. The van der Waals surface area contributed by atoms with E-state index >= 15 is 0 Å². The van der Waals surface area contributed by atoms with Gasteiger partial charge in [0.05, 0.1) is 12.1 Å². The van der Waals surface area contributed by atoms with Crippen molar-refractivity contribution in [1.82, 2.24) is 4.98 Å². The van der Waals surface area contributed by atoms with Gasteiger partial charge in [-0.2, -0.15) is 13.2 Å². The quantitative estimate of drug-likeness (QED) is 0.422. The molecule has 0 saturated carbocycles. The number of para-hydroxylation sites is 1. The topological polar surface area (TPSA) is 56.2 Å². The number of benzene rings is 3. The molecule has 0 aliphatic carbocycles. The van der Waals surface area contributed by atoms with Crippen LogP contribution in [0.15, 0.2) is 78.9 Å². The Bertz CT molecular complexity index is 1160. The van der Waals surface area contributed by atoms with Crippen LogP contribution in [-0.4, -0.2) is 28.3 Å². The molecular formula is C23H19BF3NO2. The fraction of sp³-hybridized carbons (Fsp3) is 0.130. The number of rotatable bonds is 5. The lowest BCUT2D eigenvalue weighted by Gasteiger charge is -2.22. The molecule has 30 heavy (non-hydrogen) atoms. The number of fused-ring (bicyclic) bond motifs is 1. The summed E-state index contributed by atoms with van der Waals surface area (Å²) in [5.41, 5.74) is 3.23. The van der Waals surface area contributed by atoms with Gasteiger partial charge in [0.2, 0.25) is 0 Å². The molecule has 0 aliphatic heterocycles. The van der Waals surface area contributed by atoms with Crippen LogP contribution in [0.3, 0.4) is 0 Å². The fourth-order valence-electron chi connectivity index (χ4n) is 3.91. The third kappa shape index (κ3) is 4.13. The van der Waals surface area contributed by atoms with Crippen molar-refractivity contribution in [2.24, 2.45) is 0 Å². The van der Waals surface area contributed by atoms with Crippen LogP contribution in [0.5, 0.6) is 0 Å². The average molecular weight is 409 g/mol. The zero-order valence-electron chi connectivity index (χ0n) is 15.9. The maximum Gasteiger partial charge on any atom is 0.488 e. The van der Waals surface area contributed by atoms with Gasteiger partial charge >= 0.3 is 13.3 Å². The van der Waals surface area contributed by atoms with E-state index in [1.165, 1.54) is 12.1 Å². The largest absolute Gasteiger partial charge is 0.488 e. The molecule has 4 aromatic rings. The van der Waals surface area contributed by atoms with Gasteiger partial charge < -0.3 is 15.0 Å². The molecule has 0 amide bonds. The lowest BCUT2D eigenvalue weighted by molar-refractivity contribution is -0.136. The summed E-state index contributed by atoms with van der Waals surface area (Å²) in [7, 11) is -1.76. The van der Waals surface area contributed by atoms with E-state index in [9.17, 15) is 23.2 Å². The van der Waals surface area contributed by atoms with Gasteiger partial charge in [-0.05, 0) is 28.2 Å². The van der Waals surface area contributed by atoms with Gasteiger partial charge in [-0.1, -0.05) is 72.8 Å². The van der Waals surface area contributed by atoms with Crippen molar-refractivity contribution in [3.8, 4) is 11.3 Å². The van der Waals surface area contributed by atoms with E-state index in [1.807, 2.05) is 48.5 Å². The van der Waals surface area contributed by atoms with Crippen molar-refractivity contribution in [3.63, 3.8) is 0 Å². The minimum Gasteiger partial charge on any atom is -0.423 e. The molecule has 152 valence electrons. The molecule has 1 heterocycles. The molecule has 0 bridgehead atoms. The van der Waals surface area contributed by atoms with Crippen LogP contribution in [0, 0.1) is 0 Å². The molecule has 1 aromatic heterocycles. The molecule has 3 aromatic carbocycles. The first-order chi connectivity index (χ1) is 14.3. The van der Waals surface area contributed by atoms with Gasteiger partial charge in [0.15, 0.2) is 0 Å². The summed E-state index contributed by atoms with van der Waals surface area (Å²) in [5, 5.41) is 19.8. The Morgan fingerprint density at radius 1 is 0.867 bits per heavy atom. The van der Waals surface area contributed by atoms with Crippen LogP contribution >= 0.6 is 0 Å². The molecule has 1 unspecified atom stereocenters. The molecule has 0 fully saturated rings. The molecule has 0 saturated heterocycles. The third-order valence-electron chi connectivity index (χ3n) is 5.20. The van der Waals surface area contributed by atoms with E-state index in [2.05, 4.69) is 4.98 Å². The minimum atomic E-state index is -4.41. The second-order valence-electron chi connectivity index (χ2n) is 7.24. The van der Waals surface area contributed by atoms with Gasteiger partial charge in [0.25, 0.3) is 0 Å². The van der Waals surface area contributed by atoms with E-state index in [1.54, 1.807) is 18.2 Å². The molecule has 3 N–H and O–H groups in total. The Balaban J connectivity index is 1.98. The summed E-state index contributed by atoms with van der Waals surface area (Å²) in [6, 6.07) is 22.6. The maximum atomic E-state index is 13.7. The van der Waals surface area contributed by atoms with Crippen molar-refractivity contribution >= 4 is 23.5 Å². The number of H-pyrrole nitrogens is 1. The molecule has 1 atom stereocenters. The summed E-state index contributed by atoms with van der Waals surface area (Å²) < 4.78 is 41.0. The monoisotopic (exact) mass is 409 g/mol. The van der Waals surface area contributed by atoms with Gasteiger partial charge in [0.1, 0.15) is 0 Å². The van der Waals surface area contributed by atoms with Gasteiger partial charge in [-0.25, -0.2) is 0 Å². The first-order valence-corrected chi connectivity index (χ1v) is 9.52. The Kier molecular flexibility index (Phi) is 5.41. The smallest absolute Gasteiger partial charge is 0.423 e. The molecule has 0 spiro atoms. The van der Waals surface area contributed by atoms with E-state index in [-0.39, 0.29) is 5.46 Å².